The first-order chi connectivity index (χ1) is 7.26. The quantitative estimate of drug-likeness (QED) is 0.665. The number of methoxy groups -OCH3 is 1. The van der Waals surface area contributed by atoms with Crippen LogP contribution in [0.25, 0.3) is 0 Å². The molecule has 1 atom stereocenters. The van der Waals surface area contributed by atoms with Crippen molar-refractivity contribution < 1.29 is 4.74 Å². The van der Waals surface area contributed by atoms with Crippen molar-refractivity contribution in [1.82, 2.24) is 4.90 Å². The van der Waals surface area contributed by atoms with E-state index in [2.05, 4.69) is 11.8 Å². The van der Waals surface area contributed by atoms with Crippen LogP contribution in [-0.2, 0) is 4.74 Å². The Hall–Kier alpha value is -0.120. The molecule has 0 radical (unpaired) electrons. The van der Waals surface area contributed by atoms with Gasteiger partial charge in [-0.05, 0) is 31.7 Å². The number of hydrogen-bond acceptors (Lipinski definition) is 3. The predicted molar refractivity (Wildman–Crippen MR) is 63.9 cm³/mol. The summed E-state index contributed by atoms with van der Waals surface area (Å²) in [6.45, 7) is 6.40. The number of nitrogens with two attached hydrogens (primary N) is 1. The Kier molecular flexibility index (Phi) is 6.22. The highest BCUT2D eigenvalue weighted by Gasteiger charge is 2.20. The maximum Gasteiger partial charge on any atom is 0.0477 e. The number of hydrogen-bond donors (Lipinski definition) is 1. The highest BCUT2D eigenvalue weighted by Crippen LogP contribution is 2.26. The summed E-state index contributed by atoms with van der Waals surface area (Å²) in [5.41, 5.74) is 6.05. The van der Waals surface area contributed by atoms with Gasteiger partial charge >= 0.3 is 0 Å². The first kappa shape index (κ1) is 12.9. The van der Waals surface area contributed by atoms with E-state index < -0.39 is 0 Å². The van der Waals surface area contributed by atoms with Gasteiger partial charge in [-0.2, -0.15) is 0 Å². The van der Waals surface area contributed by atoms with Crippen molar-refractivity contribution in [3.63, 3.8) is 0 Å². The fraction of sp³-hybridized carbons (Fsp3) is 1.00. The maximum atomic E-state index is 6.05. The number of ether oxygens (including phenoxy) is 1. The van der Waals surface area contributed by atoms with Crippen molar-refractivity contribution in [3.8, 4) is 0 Å². The zero-order valence-corrected chi connectivity index (χ0v) is 10.2. The third-order valence-corrected chi connectivity index (χ3v) is 3.37. The van der Waals surface area contributed by atoms with Gasteiger partial charge in [0.15, 0.2) is 0 Å². The van der Waals surface area contributed by atoms with E-state index in [1.807, 2.05) is 0 Å². The van der Waals surface area contributed by atoms with Gasteiger partial charge in [-0.3, -0.25) is 0 Å². The smallest absolute Gasteiger partial charge is 0.0477 e. The van der Waals surface area contributed by atoms with E-state index in [9.17, 15) is 0 Å². The lowest BCUT2D eigenvalue weighted by Crippen LogP contribution is -2.41. The Morgan fingerprint density at radius 2 is 2.20 bits per heavy atom. The Morgan fingerprint density at radius 1 is 1.47 bits per heavy atom. The summed E-state index contributed by atoms with van der Waals surface area (Å²) in [4.78, 5) is 2.49. The van der Waals surface area contributed by atoms with Crippen LogP contribution in [0.5, 0.6) is 0 Å². The maximum absolute atomic E-state index is 6.05. The van der Waals surface area contributed by atoms with Crippen molar-refractivity contribution in [2.24, 2.45) is 11.7 Å². The lowest BCUT2D eigenvalue weighted by atomic mass is 9.85. The molecule has 15 heavy (non-hydrogen) atoms. The van der Waals surface area contributed by atoms with Gasteiger partial charge in [0.1, 0.15) is 0 Å². The number of likely N-dealkylation sites (N-methyl/N-ethyl adjacent to an activating group) is 1. The van der Waals surface area contributed by atoms with Gasteiger partial charge in [-0.15, -0.1) is 0 Å². The topological polar surface area (TPSA) is 38.5 Å². The lowest BCUT2D eigenvalue weighted by Gasteiger charge is -2.33. The highest BCUT2D eigenvalue weighted by atomic mass is 16.5. The molecule has 0 bridgehead atoms. The van der Waals surface area contributed by atoms with Crippen LogP contribution in [0.2, 0.25) is 0 Å². The molecule has 1 rings (SSSR count). The van der Waals surface area contributed by atoms with E-state index in [0.29, 0.717) is 0 Å². The molecule has 1 aliphatic rings. The molecular weight excluding hydrogens is 188 g/mol. The highest BCUT2D eigenvalue weighted by molar-refractivity contribution is 4.75. The van der Waals surface area contributed by atoms with Crippen molar-refractivity contribution in [2.45, 2.75) is 38.6 Å². The van der Waals surface area contributed by atoms with E-state index in [1.165, 1.54) is 25.8 Å². The SMILES string of the molecule is CCN(CC(N)CCOC)CC1CCC1. The molecule has 0 heterocycles. The minimum absolute atomic E-state index is 0.268. The van der Waals surface area contributed by atoms with Gasteiger partial charge in [0, 0.05) is 32.8 Å². The molecule has 0 amide bonds. The second-order valence-corrected chi connectivity index (χ2v) is 4.69. The Morgan fingerprint density at radius 3 is 2.67 bits per heavy atom. The molecule has 2 N–H and O–H groups in total. The second-order valence-electron chi connectivity index (χ2n) is 4.69. The van der Waals surface area contributed by atoms with Crippen LogP contribution in [0, 0.1) is 5.92 Å². The van der Waals surface area contributed by atoms with Gasteiger partial charge in [-0.1, -0.05) is 13.3 Å². The van der Waals surface area contributed by atoms with E-state index in [0.717, 1.165) is 32.0 Å². The van der Waals surface area contributed by atoms with Crippen LogP contribution in [0.4, 0.5) is 0 Å². The minimum Gasteiger partial charge on any atom is -0.385 e. The number of rotatable bonds is 8. The summed E-state index contributed by atoms with van der Waals surface area (Å²) >= 11 is 0. The van der Waals surface area contributed by atoms with E-state index in [-0.39, 0.29) is 6.04 Å². The molecule has 1 aliphatic carbocycles. The van der Waals surface area contributed by atoms with Crippen molar-refractivity contribution in [2.75, 3.05) is 33.4 Å². The summed E-state index contributed by atoms with van der Waals surface area (Å²) in [6, 6.07) is 0.268. The predicted octanol–water partition coefficient (Wildman–Crippen LogP) is 1.47. The average molecular weight is 214 g/mol. The Balaban J connectivity index is 2.13. The average Bonchev–Trinajstić information content (AvgIpc) is 2.18. The third-order valence-electron chi connectivity index (χ3n) is 3.37. The van der Waals surface area contributed by atoms with Crippen molar-refractivity contribution in [3.05, 3.63) is 0 Å². The monoisotopic (exact) mass is 214 g/mol. The molecule has 1 saturated carbocycles. The summed E-state index contributed by atoms with van der Waals surface area (Å²) in [7, 11) is 1.73. The molecule has 0 aromatic rings. The van der Waals surface area contributed by atoms with E-state index >= 15 is 0 Å². The van der Waals surface area contributed by atoms with Gasteiger partial charge < -0.3 is 15.4 Å². The molecule has 0 aromatic carbocycles. The molecule has 1 fully saturated rings. The summed E-state index contributed by atoms with van der Waals surface area (Å²) in [5.74, 6) is 0.944. The van der Waals surface area contributed by atoms with Gasteiger partial charge in [0.2, 0.25) is 0 Å². The molecule has 0 spiro atoms. The Bertz CT molecular complexity index is 160. The normalized spacial score (nSPS) is 19.2. The molecule has 1 unspecified atom stereocenters. The lowest BCUT2D eigenvalue weighted by molar-refractivity contribution is 0.154. The molecule has 0 aromatic heterocycles. The van der Waals surface area contributed by atoms with Crippen LogP contribution < -0.4 is 5.73 Å². The van der Waals surface area contributed by atoms with Crippen LogP contribution in [0.15, 0.2) is 0 Å². The molecule has 0 aliphatic heterocycles. The molecule has 3 heteroatoms. The fourth-order valence-corrected chi connectivity index (χ4v) is 2.07. The number of nitrogens with zero attached hydrogens (tertiary/aromatic N) is 1. The minimum atomic E-state index is 0.268. The first-order valence-corrected chi connectivity index (χ1v) is 6.23. The fourth-order valence-electron chi connectivity index (χ4n) is 2.07. The van der Waals surface area contributed by atoms with Gasteiger partial charge in [0.25, 0.3) is 0 Å². The second kappa shape index (κ2) is 7.20. The van der Waals surface area contributed by atoms with Crippen LogP contribution in [0.1, 0.15) is 32.6 Å². The largest absolute Gasteiger partial charge is 0.385 e. The summed E-state index contributed by atoms with van der Waals surface area (Å²) in [5, 5.41) is 0. The van der Waals surface area contributed by atoms with E-state index in [4.69, 9.17) is 10.5 Å². The molecule has 0 saturated heterocycles. The van der Waals surface area contributed by atoms with Crippen LogP contribution >= 0.6 is 0 Å². The van der Waals surface area contributed by atoms with Crippen molar-refractivity contribution >= 4 is 0 Å². The summed E-state index contributed by atoms with van der Waals surface area (Å²) < 4.78 is 5.04. The van der Waals surface area contributed by atoms with Gasteiger partial charge in [-0.25, -0.2) is 0 Å². The zero-order valence-electron chi connectivity index (χ0n) is 10.2. The van der Waals surface area contributed by atoms with Crippen molar-refractivity contribution in [1.29, 1.82) is 0 Å². The molecule has 3 nitrogen and oxygen atoms in total. The van der Waals surface area contributed by atoms with E-state index in [1.54, 1.807) is 7.11 Å². The van der Waals surface area contributed by atoms with Gasteiger partial charge in [0.05, 0.1) is 0 Å². The summed E-state index contributed by atoms with van der Waals surface area (Å²) in [6.07, 6.45) is 5.24. The molecular formula is C12H26N2O. The van der Waals surface area contributed by atoms with Crippen LogP contribution in [0.3, 0.4) is 0 Å². The Labute approximate surface area is 94.0 Å². The first-order valence-electron chi connectivity index (χ1n) is 6.23. The van der Waals surface area contributed by atoms with Crippen LogP contribution in [-0.4, -0.2) is 44.3 Å². The molecule has 90 valence electrons. The standard InChI is InChI=1S/C12H26N2O/c1-3-14(9-11-5-4-6-11)10-12(13)7-8-15-2/h11-12H,3-10,13H2,1-2H3. The third kappa shape index (κ3) is 4.96. The zero-order chi connectivity index (χ0) is 11.1.